The maximum Gasteiger partial charge on any atom is 0.328 e. The number of benzene rings is 1. The molecule has 0 saturated carbocycles. The maximum absolute atomic E-state index is 10.9. The van der Waals surface area contributed by atoms with E-state index >= 15 is 0 Å². The van der Waals surface area contributed by atoms with Crippen molar-refractivity contribution < 1.29 is 9.90 Å². The van der Waals surface area contributed by atoms with Crippen molar-refractivity contribution in [3.63, 3.8) is 0 Å². The largest absolute Gasteiger partial charge is 0.478 e. The molecule has 0 atom stereocenters. The topological polar surface area (TPSA) is 37.3 Å². The van der Waals surface area contributed by atoms with E-state index in [0.717, 1.165) is 17.1 Å². The third-order valence-electron chi connectivity index (χ3n) is 6.31. The molecule has 1 aliphatic heterocycles. The van der Waals surface area contributed by atoms with Crippen molar-refractivity contribution in [2.24, 2.45) is 0 Å². The third-order valence-corrected chi connectivity index (χ3v) is 7.32. The van der Waals surface area contributed by atoms with Crippen LogP contribution in [0.25, 0.3) is 5.57 Å². The Kier molecular flexibility index (Phi) is 5.69. The Morgan fingerprint density at radius 2 is 1.68 bits per heavy atom. The van der Waals surface area contributed by atoms with Crippen molar-refractivity contribution in [1.82, 2.24) is 0 Å². The van der Waals surface area contributed by atoms with Gasteiger partial charge in [0.2, 0.25) is 0 Å². The van der Waals surface area contributed by atoms with Crippen LogP contribution in [0.1, 0.15) is 69.7 Å². The fourth-order valence-corrected chi connectivity index (χ4v) is 5.50. The second-order valence-electron chi connectivity index (χ2n) is 9.54. The van der Waals surface area contributed by atoms with Crippen molar-refractivity contribution in [1.29, 1.82) is 0 Å². The predicted molar refractivity (Wildman–Crippen MR) is 121 cm³/mol. The fourth-order valence-electron chi connectivity index (χ4n) is 4.36. The molecule has 2 aliphatic rings. The van der Waals surface area contributed by atoms with Gasteiger partial charge in [-0.2, -0.15) is 11.8 Å². The first-order valence-corrected chi connectivity index (χ1v) is 11.2. The number of hydrogen-bond acceptors (Lipinski definition) is 2. The van der Waals surface area contributed by atoms with Crippen LogP contribution in [-0.4, -0.2) is 22.6 Å². The zero-order valence-corrected chi connectivity index (χ0v) is 18.8. The van der Waals surface area contributed by atoms with Crippen molar-refractivity contribution in [3.8, 4) is 0 Å². The minimum atomic E-state index is -0.896. The zero-order chi connectivity index (χ0) is 20.7. The molecule has 0 fully saturated rings. The number of aliphatic carboxylic acids is 1. The van der Waals surface area contributed by atoms with Gasteiger partial charge in [0, 0.05) is 17.6 Å². The lowest BCUT2D eigenvalue weighted by atomic mass is 9.62. The lowest BCUT2D eigenvalue weighted by Crippen LogP contribution is -2.34. The van der Waals surface area contributed by atoms with Gasteiger partial charge in [0.15, 0.2) is 0 Å². The first-order valence-electron chi connectivity index (χ1n) is 10.1. The number of aryl methyl sites for hydroxylation is 1. The van der Waals surface area contributed by atoms with Crippen LogP contribution in [0.5, 0.6) is 0 Å². The molecule has 3 rings (SSSR count). The van der Waals surface area contributed by atoms with Crippen LogP contribution in [-0.2, 0) is 15.6 Å². The van der Waals surface area contributed by atoms with Gasteiger partial charge in [0.25, 0.3) is 0 Å². The van der Waals surface area contributed by atoms with E-state index in [0.29, 0.717) is 0 Å². The summed E-state index contributed by atoms with van der Waals surface area (Å²) in [5.41, 5.74) is 9.65. The summed E-state index contributed by atoms with van der Waals surface area (Å²) in [7, 11) is 0. The lowest BCUT2D eigenvalue weighted by molar-refractivity contribution is -0.131. The van der Waals surface area contributed by atoms with Crippen LogP contribution in [0.2, 0.25) is 0 Å². The van der Waals surface area contributed by atoms with Gasteiger partial charge in [-0.1, -0.05) is 52.0 Å². The molecule has 3 heteroatoms. The minimum absolute atomic E-state index is 0.205. The maximum atomic E-state index is 10.9. The molecule has 1 aromatic rings. The van der Waals surface area contributed by atoms with E-state index < -0.39 is 5.97 Å². The first-order chi connectivity index (χ1) is 13.0. The van der Waals surface area contributed by atoms with Gasteiger partial charge in [-0.25, -0.2) is 4.79 Å². The highest BCUT2D eigenvalue weighted by atomic mass is 32.2. The zero-order valence-electron chi connectivity index (χ0n) is 18.0. The molecule has 1 aromatic carbocycles. The van der Waals surface area contributed by atoms with Crippen LogP contribution in [0, 0.1) is 6.92 Å². The molecule has 0 radical (unpaired) electrons. The number of thioether (sulfide) groups is 1. The van der Waals surface area contributed by atoms with E-state index in [4.69, 9.17) is 5.11 Å². The Balaban J connectivity index is 2.08. The summed E-state index contributed by atoms with van der Waals surface area (Å²) in [4.78, 5) is 10.9. The summed E-state index contributed by atoms with van der Waals surface area (Å²) in [5.74, 6) is 1.11. The summed E-state index contributed by atoms with van der Waals surface area (Å²) in [6, 6.07) is 4.89. The van der Waals surface area contributed by atoms with Gasteiger partial charge in [-0.05, 0) is 76.5 Å². The highest BCUT2D eigenvalue weighted by Crippen LogP contribution is 2.48. The lowest BCUT2D eigenvalue weighted by Gasteiger charge is -2.42. The summed E-state index contributed by atoms with van der Waals surface area (Å²) < 4.78 is 0. The number of carboxylic acids is 1. The van der Waals surface area contributed by atoms with E-state index in [9.17, 15) is 4.79 Å². The number of allylic oxidation sites excluding steroid dienone is 3. The first kappa shape index (κ1) is 21.0. The number of fused-ring (bicyclic) bond motifs is 1. The van der Waals surface area contributed by atoms with Crippen molar-refractivity contribution >= 4 is 23.3 Å². The van der Waals surface area contributed by atoms with E-state index in [1.165, 1.54) is 52.3 Å². The summed E-state index contributed by atoms with van der Waals surface area (Å²) in [5, 5.41) is 8.92. The smallest absolute Gasteiger partial charge is 0.328 e. The van der Waals surface area contributed by atoms with Gasteiger partial charge in [-0.3, -0.25) is 0 Å². The highest BCUT2D eigenvalue weighted by molar-refractivity contribution is 8.00. The number of rotatable bonds is 4. The number of hydrogen-bond donors (Lipinski definition) is 1. The van der Waals surface area contributed by atoms with E-state index in [1.54, 1.807) is 0 Å². The second kappa shape index (κ2) is 7.59. The molecule has 1 heterocycles. The predicted octanol–water partition coefficient (Wildman–Crippen LogP) is 6.43. The van der Waals surface area contributed by atoms with Crippen LogP contribution < -0.4 is 0 Å². The quantitative estimate of drug-likeness (QED) is 0.470. The van der Waals surface area contributed by atoms with E-state index in [2.05, 4.69) is 52.8 Å². The average Bonchev–Trinajstić information content (AvgIpc) is 3.04. The minimum Gasteiger partial charge on any atom is -0.478 e. The molecule has 0 amide bonds. The molecule has 0 spiro atoms. The highest BCUT2D eigenvalue weighted by Gasteiger charge is 2.37. The number of carbonyl (C=O) groups is 1. The normalized spacial score (nSPS) is 21.3. The van der Waals surface area contributed by atoms with Gasteiger partial charge < -0.3 is 5.11 Å². The molecule has 1 aliphatic carbocycles. The molecular formula is C25H32O2S. The number of carboxylic acid groups (broad SMARTS) is 1. The Bertz CT molecular complexity index is 897. The Hall–Kier alpha value is -1.74. The van der Waals surface area contributed by atoms with Gasteiger partial charge in [-0.15, -0.1) is 0 Å². The average molecular weight is 397 g/mol. The van der Waals surface area contributed by atoms with Gasteiger partial charge in [0.1, 0.15) is 0 Å². The van der Waals surface area contributed by atoms with Gasteiger partial charge >= 0.3 is 5.97 Å². The molecule has 0 saturated heterocycles. The summed E-state index contributed by atoms with van der Waals surface area (Å²) in [6.45, 7) is 13.6. The molecule has 0 bridgehead atoms. The van der Waals surface area contributed by atoms with Crippen molar-refractivity contribution in [2.45, 2.75) is 65.2 Å². The standard InChI is InChI=1S/C25H32O2S/c1-16(11-23(26)27)7-8-18-14-28-15-20(18)19-13-22-21(12-17(19)2)24(3,4)9-10-25(22,5)6/h7-8,11-13H,9-10,14-15H2,1-6H3,(H,26,27). The summed E-state index contributed by atoms with van der Waals surface area (Å²) in [6.07, 6.45) is 7.74. The van der Waals surface area contributed by atoms with E-state index in [-0.39, 0.29) is 10.8 Å². The molecule has 1 N–H and O–H groups in total. The Morgan fingerprint density at radius 1 is 1.07 bits per heavy atom. The molecular weight excluding hydrogens is 364 g/mol. The second-order valence-corrected chi connectivity index (χ2v) is 10.5. The van der Waals surface area contributed by atoms with Crippen LogP contribution in [0.4, 0.5) is 0 Å². The third kappa shape index (κ3) is 4.15. The Morgan fingerprint density at radius 3 is 2.29 bits per heavy atom. The molecule has 150 valence electrons. The molecule has 28 heavy (non-hydrogen) atoms. The fraction of sp³-hybridized carbons (Fsp3) is 0.480. The Labute approximate surface area is 173 Å². The SMILES string of the molecule is CC(C=CC1=C(c2cc3c(cc2C)C(C)(C)CCC3(C)C)CSC1)=CC(=O)O. The molecule has 0 unspecified atom stereocenters. The van der Waals surface area contributed by atoms with Crippen LogP contribution in [0.3, 0.4) is 0 Å². The van der Waals surface area contributed by atoms with Crippen LogP contribution in [0.15, 0.2) is 41.5 Å². The monoisotopic (exact) mass is 396 g/mol. The summed E-state index contributed by atoms with van der Waals surface area (Å²) >= 11 is 1.94. The van der Waals surface area contributed by atoms with E-state index in [1.807, 2.05) is 24.8 Å². The van der Waals surface area contributed by atoms with Crippen molar-refractivity contribution in [2.75, 3.05) is 11.5 Å². The van der Waals surface area contributed by atoms with Gasteiger partial charge in [0.05, 0.1) is 0 Å². The van der Waals surface area contributed by atoms with Crippen molar-refractivity contribution in [3.05, 3.63) is 63.8 Å². The molecule has 0 aromatic heterocycles. The molecule has 2 nitrogen and oxygen atoms in total. The van der Waals surface area contributed by atoms with Crippen LogP contribution >= 0.6 is 11.8 Å².